The molecule has 0 saturated carbocycles. The molecule has 0 amide bonds. The van der Waals surface area contributed by atoms with E-state index >= 15 is 0 Å². The third-order valence-corrected chi connectivity index (χ3v) is 2.19. The van der Waals surface area contributed by atoms with Crippen LogP contribution >= 0.6 is 11.6 Å². The van der Waals surface area contributed by atoms with Gasteiger partial charge in [0.15, 0.2) is 0 Å². The SMILES string of the molecule is OB(O)C1CCC(Cl)NC1. The highest BCUT2D eigenvalue weighted by atomic mass is 35.5. The van der Waals surface area contributed by atoms with Crippen LogP contribution in [0.15, 0.2) is 0 Å². The second-order valence-corrected chi connectivity index (χ2v) is 3.15. The molecule has 1 aliphatic rings. The fourth-order valence-corrected chi connectivity index (χ4v) is 1.31. The molecule has 1 rings (SSSR count). The van der Waals surface area contributed by atoms with Crippen molar-refractivity contribution in [1.82, 2.24) is 5.32 Å². The molecule has 2 atom stereocenters. The largest absolute Gasteiger partial charge is 0.456 e. The molecule has 0 spiro atoms. The lowest BCUT2D eigenvalue weighted by atomic mass is 9.69. The van der Waals surface area contributed by atoms with Crippen molar-refractivity contribution in [2.75, 3.05) is 6.54 Å². The molecular formula is C5H11BClNO2. The van der Waals surface area contributed by atoms with E-state index in [1.54, 1.807) is 0 Å². The fourth-order valence-electron chi connectivity index (χ4n) is 1.10. The number of alkyl halides is 1. The third kappa shape index (κ3) is 2.13. The zero-order chi connectivity index (χ0) is 7.56. The summed E-state index contributed by atoms with van der Waals surface area (Å²) in [6.07, 6.45) is 1.60. The van der Waals surface area contributed by atoms with Crippen molar-refractivity contribution in [2.45, 2.75) is 24.2 Å². The summed E-state index contributed by atoms with van der Waals surface area (Å²) in [5.74, 6) is -0.0463. The lowest BCUT2D eigenvalue weighted by Gasteiger charge is -2.25. The maximum atomic E-state index is 8.74. The fraction of sp³-hybridized carbons (Fsp3) is 1.00. The van der Waals surface area contributed by atoms with Gasteiger partial charge in [0.05, 0.1) is 5.50 Å². The first-order valence-corrected chi connectivity index (χ1v) is 3.87. The van der Waals surface area contributed by atoms with E-state index in [4.69, 9.17) is 21.6 Å². The van der Waals surface area contributed by atoms with Crippen molar-refractivity contribution in [1.29, 1.82) is 0 Å². The minimum absolute atomic E-state index is 0.00926. The molecule has 1 saturated heterocycles. The summed E-state index contributed by atoms with van der Waals surface area (Å²) in [5.41, 5.74) is 0.00926. The highest BCUT2D eigenvalue weighted by Crippen LogP contribution is 2.21. The monoisotopic (exact) mass is 163 g/mol. The van der Waals surface area contributed by atoms with Crippen LogP contribution in [0.1, 0.15) is 12.8 Å². The number of piperidine rings is 1. The predicted octanol–water partition coefficient (Wildman–Crippen LogP) is -0.222. The van der Waals surface area contributed by atoms with Gasteiger partial charge in [-0.15, -0.1) is 11.6 Å². The first kappa shape index (κ1) is 8.33. The Morgan fingerprint density at radius 3 is 2.50 bits per heavy atom. The summed E-state index contributed by atoms with van der Waals surface area (Å²) in [6.45, 7) is 0.603. The van der Waals surface area contributed by atoms with Crippen LogP contribution in [0.4, 0.5) is 0 Å². The molecule has 1 fully saturated rings. The molecule has 1 aliphatic heterocycles. The summed E-state index contributed by atoms with van der Waals surface area (Å²) in [7, 11) is -1.20. The van der Waals surface area contributed by atoms with Crippen molar-refractivity contribution in [2.24, 2.45) is 0 Å². The minimum atomic E-state index is -1.20. The highest BCUT2D eigenvalue weighted by molar-refractivity contribution is 6.43. The molecule has 1 heterocycles. The molecule has 0 aromatic carbocycles. The van der Waals surface area contributed by atoms with Gasteiger partial charge in [0, 0.05) is 5.82 Å². The number of halogens is 1. The van der Waals surface area contributed by atoms with Crippen molar-refractivity contribution < 1.29 is 10.0 Å². The average molecular weight is 163 g/mol. The van der Waals surface area contributed by atoms with Gasteiger partial charge in [-0.1, -0.05) is 0 Å². The molecule has 0 aromatic heterocycles. The Morgan fingerprint density at radius 1 is 1.40 bits per heavy atom. The van der Waals surface area contributed by atoms with Crippen LogP contribution in [0, 0.1) is 0 Å². The van der Waals surface area contributed by atoms with Gasteiger partial charge in [-0.25, -0.2) is 0 Å². The maximum absolute atomic E-state index is 8.74. The number of rotatable bonds is 1. The Bertz CT molecular complexity index is 106. The quantitative estimate of drug-likeness (QED) is 0.285. The van der Waals surface area contributed by atoms with Gasteiger partial charge >= 0.3 is 7.12 Å². The van der Waals surface area contributed by atoms with E-state index < -0.39 is 7.12 Å². The smallest absolute Gasteiger partial charge is 0.427 e. The highest BCUT2D eigenvalue weighted by Gasteiger charge is 2.27. The van der Waals surface area contributed by atoms with E-state index in [1.165, 1.54) is 0 Å². The van der Waals surface area contributed by atoms with Gasteiger partial charge < -0.3 is 15.4 Å². The van der Waals surface area contributed by atoms with Crippen molar-refractivity contribution >= 4 is 18.7 Å². The van der Waals surface area contributed by atoms with Crippen molar-refractivity contribution in [3.8, 4) is 0 Å². The predicted molar refractivity (Wildman–Crippen MR) is 40.8 cm³/mol. The van der Waals surface area contributed by atoms with Gasteiger partial charge in [0.2, 0.25) is 0 Å². The Kier molecular flexibility index (Phi) is 2.98. The summed E-state index contributed by atoms with van der Waals surface area (Å²) < 4.78 is 0. The standard InChI is InChI=1S/C5H11BClNO2/c7-5-2-1-4(3-8-5)6(9)10/h4-5,8-10H,1-3H2. The van der Waals surface area contributed by atoms with E-state index in [0.29, 0.717) is 6.54 Å². The summed E-state index contributed by atoms with van der Waals surface area (Å²) in [4.78, 5) is 0. The number of nitrogens with one attached hydrogen (secondary N) is 1. The zero-order valence-electron chi connectivity index (χ0n) is 5.63. The van der Waals surface area contributed by atoms with E-state index in [2.05, 4.69) is 5.32 Å². The van der Waals surface area contributed by atoms with Gasteiger partial charge in [-0.05, 0) is 19.4 Å². The van der Waals surface area contributed by atoms with Crippen LogP contribution in [0.25, 0.3) is 0 Å². The summed E-state index contributed by atoms with van der Waals surface area (Å²) in [5, 5.41) is 20.4. The van der Waals surface area contributed by atoms with Gasteiger partial charge in [0.25, 0.3) is 0 Å². The van der Waals surface area contributed by atoms with E-state index in [0.717, 1.165) is 12.8 Å². The molecule has 2 unspecified atom stereocenters. The van der Waals surface area contributed by atoms with Crippen LogP contribution in [0.2, 0.25) is 5.82 Å². The van der Waals surface area contributed by atoms with E-state index in [-0.39, 0.29) is 11.3 Å². The summed E-state index contributed by atoms with van der Waals surface area (Å²) >= 11 is 5.71. The second kappa shape index (κ2) is 3.58. The molecule has 3 nitrogen and oxygen atoms in total. The van der Waals surface area contributed by atoms with Crippen molar-refractivity contribution in [3.05, 3.63) is 0 Å². The van der Waals surface area contributed by atoms with Crippen LogP contribution in [0.5, 0.6) is 0 Å². The van der Waals surface area contributed by atoms with Gasteiger partial charge in [0.1, 0.15) is 0 Å². The lowest BCUT2D eigenvalue weighted by Crippen LogP contribution is -2.39. The zero-order valence-corrected chi connectivity index (χ0v) is 6.38. The first-order chi connectivity index (χ1) is 4.70. The number of hydrogen-bond acceptors (Lipinski definition) is 3. The van der Waals surface area contributed by atoms with Crippen molar-refractivity contribution in [3.63, 3.8) is 0 Å². The van der Waals surface area contributed by atoms with Crippen LogP contribution in [-0.2, 0) is 0 Å². The van der Waals surface area contributed by atoms with Crippen LogP contribution in [-0.4, -0.2) is 29.2 Å². The Labute approximate surface area is 65.5 Å². The van der Waals surface area contributed by atoms with E-state index in [9.17, 15) is 0 Å². The van der Waals surface area contributed by atoms with Crippen LogP contribution < -0.4 is 5.32 Å². The number of hydrogen-bond donors (Lipinski definition) is 3. The molecule has 0 bridgehead atoms. The first-order valence-electron chi connectivity index (χ1n) is 3.43. The molecular weight excluding hydrogens is 152 g/mol. The maximum Gasteiger partial charge on any atom is 0.456 e. The topological polar surface area (TPSA) is 52.5 Å². The molecule has 0 aliphatic carbocycles. The third-order valence-electron chi connectivity index (χ3n) is 1.81. The molecule has 10 heavy (non-hydrogen) atoms. The summed E-state index contributed by atoms with van der Waals surface area (Å²) in [6, 6.07) is 0. The Balaban J connectivity index is 2.26. The molecule has 0 radical (unpaired) electrons. The van der Waals surface area contributed by atoms with Gasteiger partial charge in [-0.3, -0.25) is 0 Å². The van der Waals surface area contributed by atoms with E-state index in [1.807, 2.05) is 0 Å². The van der Waals surface area contributed by atoms with Gasteiger partial charge in [-0.2, -0.15) is 0 Å². The lowest BCUT2D eigenvalue weighted by molar-refractivity contribution is 0.352. The molecule has 58 valence electrons. The molecule has 3 N–H and O–H groups in total. The second-order valence-electron chi connectivity index (χ2n) is 2.63. The normalized spacial score (nSPS) is 33.9. The van der Waals surface area contributed by atoms with Crippen LogP contribution in [0.3, 0.4) is 0 Å². The molecule has 5 heteroatoms. The minimum Gasteiger partial charge on any atom is -0.427 e. The molecule has 0 aromatic rings. The average Bonchev–Trinajstić information content (AvgIpc) is 1.88. The Hall–Kier alpha value is 0.235. The Morgan fingerprint density at radius 2 is 2.10 bits per heavy atom.